The van der Waals surface area contributed by atoms with E-state index in [0.29, 0.717) is 24.1 Å². The van der Waals surface area contributed by atoms with Crippen molar-refractivity contribution in [2.45, 2.75) is 26.8 Å². The minimum atomic E-state index is -4.95. The molecule has 2 aromatic carbocycles. The van der Waals surface area contributed by atoms with Crippen molar-refractivity contribution in [3.8, 4) is 11.4 Å². The number of alkyl halides is 3. The summed E-state index contributed by atoms with van der Waals surface area (Å²) in [5.41, 5.74) is 5.35. The van der Waals surface area contributed by atoms with Gasteiger partial charge in [0.25, 0.3) is 5.56 Å². The largest absolute Gasteiger partial charge is 0.573 e. The van der Waals surface area contributed by atoms with Crippen LogP contribution < -0.4 is 32.7 Å². The van der Waals surface area contributed by atoms with Crippen LogP contribution in [-0.4, -0.2) is 39.7 Å². The third kappa shape index (κ3) is 5.86. The van der Waals surface area contributed by atoms with Gasteiger partial charge >= 0.3 is 6.36 Å². The van der Waals surface area contributed by atoms with Crippen LogP contribution in [0, 0.1) is 25.6 Å². The standard InChI is InChI=1S/C24H26F4N8O2/c1-13-7-16(8-14(2)18(13)12-35-10-15(11-35)21(33-29)34-30)36-6-5-31-22(23(36)37)32-20-4-3-17(9-19(20)25)38-24(26,27)28/h3-9,15H,10-12,29-30H2,1-2H3,(H,31,32)(H,33,34). The number of anilines is 2. The highest BCUT2D eigenvalue weighted by Crippen LogP contribution is 2.28. The summed E-state index contributed by atoms with van der Waals surface area (Å²) in [6.45, 7) is 6.09. The fraction of sp³-hybridized carbons (Fsp3) is 0.292. The zero-order valence-corrected chi connectivity index (χ0v) is 20.5. The SMILES string of the molecule is Cc1cc(-n2ccnc(Nc3ccc(OC(F)(F)F)cc3F)c2=O)cc(C)c1CN1CC(/C(=N/N)NN)C1. The highest BCUT2D eigenvalue weighted by Gasteiger charge is 2.32. The number of hydrazine groups is 1. The van der Waals surface area contributed by atoms with Gasteiger partial charge in [-0.2, -0.15) is 5.10 Å². The minimum absolute atomic E-state index is 0.143. The Balaban J connectivity index is 1.52. The number of likely N-dealkylation sites (tertiary alicyclic amines) is 1. The summed E-state index contributed by atoms with van der Waals surface area (Å²) in [6, 6.07) is 6.26. The van der Waals surface area contributed by atoms with Gasteiger partial charge in [-0.3, -0.25) is 14.3 Å². The smallest absolute Gasteiger partial charge is 0.406 e. The van der Waals surface area contributed by atoms with Gasteiger partial charge in [-0.1, -0.05) is 0 Å². The number of rotatable bonds is 7. The van der Waals surface area contributed by atoms with Crippen LogP contribution >= 0.6 is 0 Å². The predicted octanol–water partition coefficient (Wildman–Crippen LogP) is 2.80. The molecule has 38 heavy (non-hydrogen) atoms. The lowest BCUT2D eigenvalue weighted by atomic mass is 9.95. The summed E-state index contributed by atoms with van der Waals surface area (Å²) in [7, 11) is 0. The monoisotopic (exact) mass is 534 g/mol. The quantitative estimate of drug-likeness (QED) is 0.120. The molecule has 14 heteroatoms. The number of nitrogens with zero attached hydrogens (tertiary/aromatic N) is 4. The van der Waals surface area contributed by atoms with Crippen LogP contribution in [0.2, 0.25) is 0 Å². The summed E-state index contributed by atoms with van der Waals surface area (Å²) < 4.78 is 56.6. The molecule has 1 aliphatic rings. The van der Waals surface area contributed by atoms with Gasteiger partial charge < -0.3 is 21.3 Å². The van der Waals surface area contributed by atoms with Gasteiger partial charge in [0.05, 0.1) is 5.69 Å². The third-order valence-corrected chi connectivity index (χ3v) is 6.24. The van der Waals surface area contributed by atoms with E-state index in [2.05, 4.69) is 30.5 Å². The number of benzene rings is 2. The van der Waals surface area contributed by atoms with Gasteiger partial charge in [-0.05, 0) is 54.8 Å². The van der Waals surface area contributed by atoms with E-state index >= 15 is 0 Å². The molecule has 202 valence electrons. The van der Waals surface area contributed by atoms with E-state index in [1.54, 1.807) is 0 Å². The summed E-state index contributed by atoms with van der Waals surface area (Å²) >= 11 is 0. The molecule has 0 aliphatic carbocycles. The lowest BCUT2D eigenvalue weighted by Crippen LogP contribution is -2.54. The lowest BCUT2D eigenvalue weighted by Gasteiger charge is -2.39. The van der Waals surface area contributed by atoms with Crippen molar-refractivity contribution >= 4 is 17.3 Å². The number of ether oxygens (including phenoxy) is 1. The molecule has 1 fully saturated rings. The molecule has 10 nitrogen and oxygen atoms in total. The van der Waals surface area contributed by atoms with Crippen molar-refractivity contribution in [1.29, 1.82) is 0 Å². The van der Waals surface area contributed by atoms with E-state index in [-0.39, 0.29) is 17.4 Å². The van der Waals surface area contributed by atoms with Crippen molar-refractivity contribution in [3.05, 3.63) is 75.6 Å². The van der Waals surface area contributed by atoms with Crippen LogP contribution in [0.4, 0.5) is 29.1 Å². The van der Waals surface area contributed by atoms with E-state index in [1.165, 1.54) is 17.0 Å². The maximum atomic E-state index is 14.4. The van der Waals surface area contributed by atoms with Crippen LogP contribution in [0.5, 0.6) is 5.75 Å². The second-order valence-electron chi connectivity index (χ2n) is 8.87. The molecule has 6 N–H and O–H groups in total. The number of hydrazone groups is 1. The molecule has 0 unspecified atom stereocenters. The number of nitrogens with two attached hydrogens (primary N) is 2. The highest BCUT2D eigenvalue weighted by atomic mass is 19.4. The molecule has 0 saturated carbocycles. The lowest BCUT2D eigenvalue weighted by molar-refractivity contribution is -0.274. The molecule has 3 aromatic rings. The highest BCUT2D eigenvalue weighted by molar-refractivity contribution is 5.85. The molecule has 2 heterocycles. The number of aromatic nitrogens is 2. The number of amidine groups is 1. The Labute approximate surface area is 214 Å². The summed E-state index contributed by atoms with van der Waals surface area (Å²) in [5.74, 6) is 9.51. The molecule has 1 aromatic heterocycles. The Morgan fingerprint density at radius 1 is 1.21 bits per heavy atom. The van der Waals surface area contributed by atoms with E-state index in [1.807, 2.05) is 26.0 Å². The van der Waals surface area contributed by atoms with Crippen molar-refractivity contribution in [3.63, 3.8) is 0 Å². The van der Waals surface area contributed by atoms with Gasteiger partial charge in [0.2, 0.25) is 0 Å². The molecular formula is C24H26F4N8O2. The topological polar surface area (TPSA) is 136 Å². The second-order valence-corrected chi connectivity index (χ2v) is 8.87. The van der Waals surface area contributed by atoms with E-state index < -0.39 is 23.5 Å². The first-order valence-electron chi connectivity index (χ1n) is 11.5. The summed E-state index contributed by atoms with van der Waals surface area (Å²) in [5, 5.41) is 6.21. The Hall–Kier alpha value is -4.17. The number of aryl methyl sites for hydroxylation is 2. The molecule has 0 atom stereocenters. The number of halogens is 4. The Morgan fingerprint density at radius 2 is 1.89 bits per heavy atom. The van der Waals surface area contributed by atoms with Crippen LogP contribution in [-0.2, 0) is 6.54 Å². The molecular weight excluding hydrogens is 508 g/mol. The molecule has 0 spiro atoms. The first-order valence-corrected chi connectivity index (χ1v) is 11.5. The van der Waals surface area contributed by atoms with E-state index in [0.717, 1.165) is 41.9 Å². The third-order valence-electron chi connectivity index (χ3n) is 6.24. The maximum absolute atomic E-state index is 14.4. The molecule has 0 amide bonds. The fourth-order valence-corrected chi connectivity index (χ4v) is 4.34. The van der Waals surface area contributed by atoms with E-state index in [9.17, 15) is 22.4 Å². The number of nitrogens with one attached hydrogen (secondary N) is 2. The van der Waals surface area contributed by atoms with Crippen molar-refractivity contribution in [2.24, 2.45) is 22.7 Å². The zero-order chi connectivity index (χ0) is 27.6. The first-order chi connectivity index (χ1) is 18.0. The molecule has 1 saturated heterocycles. The molecule has 0 bridgehead atoms. The van der Waals surface area contributed by atoms with Gasteiger partial charge in [-0.25, -0.2) is 15.2 Å². The van der Waals surface area contributed by atoms with Crippen LogP contribution in [0.1, 0.15) is 16.7 Å². The number of hydrogen-bond donors (Lipinski definition) is 4. The molecule has 0 radical (unpaired) electrons. The van der Waals surface area contributed by atoms with Crippen molar-refractivity contribution in [1.82, 2.24) is 19.9 Å². The maximum Gasteiger partial charge on any atom is 0.573 e. The normalized spacial score (nSPS) is 14.8. The van der Waals surface area contributed by atoms with Crippen molar-refractivity contribution < 1.29 is 22.3 Å². The van der Waals surface area contributed by atoms with Gasteiger partial charge in [0.1, 0.15) is 17.4 Å². The number of hydrogen-bond acceptors (Lipinski definition) is 8. The van der Waals surface area contributed by atoms with Crippen molar-refractivity contribution in [2.75, 3.05) is 18.4 Å². The molecule has 4 rings (SSSR count). The summed E-state index contributed by atoms with van der Waals surface area (Å²) in [4.78, 5) is 19.3. The predicted molar refractivity (Wildman–Crippen MR) is 133 cm³/mol. The Kier molecular flexibility index (Phi) is 7.55. The van der Waals surface area contributed by atoms with Crippen LogP contribution in [0.15, 0.2) is 52.6 Å². The van der Waals surface area contributed by atoms with Gasteiger partial charge in [0.15, 0.2) is 5.82 Å². The van der Waals surface area contributed by atoms with Crippen LogP contribution in [0.3, 0.4) is 0 Å². The average molecular weight is 535 g/mol. The van der Waals surface area contributed by atoms with E-state index in [4.69, 9.17) is 11.7 Å². The second kappa shape index (κ2) is 10.7. The fourth-order valence-electron chi connectivity index (χ4n) is 4.34. The first kappa shape index (κ1) is 26.9. The minimum Gasteiger partial charge on any atom is -0.406 e. The van der Waals surface area contributed by atoms with Gasteiger partial charge in [0, 0.05) is 49.7 Å². The van der Waals surface area contributed by atoms with Gasteiger partial charge in [-0.15, -0.1) is 13.2 Å². The zero-order valence-electron chi connectivity index (χ0n) is 20.5. The molecule has 1 aliphatic heterocycles. The Morgan fingerprint density at radius 3 is 2.47 bits per heavy atom. The Bertz CT molecular complexity index is 1390. The summed E-state index contributed by atoms with van der Waals surface area (Å²) in [6.07, 6.45) is -2.11. The van der Waals surface area contributed by atoms with Crippen LogP contribution in [0.25, 0.3) is 5.69 Å². The average Bonchev–Trinajstić information content (AvgIpc) is 2.81.